The molecule has 1 saturated heterocycles. The molecule has 1 unspecified atom stereocenters. The zero-order chi connectivity index (χ0) is 12.4. The first-order valence-corrected chi connectivity index (χ1v) is 6.43. The summed E-state index contributed by atoms with van der Waals surface area (Å²) in [7, 11) is 0. The molecule has 0 saturated carbocycles. The largest absolute Gasteiger partial charge is 0.504 e. The molecule has 0 aromatic heterocycles. The summed E-state index contributed by atoms with van der Waals surface area (Å²) >= 11 is 0. The van der Waals surface area contributed by atoms with E-state index in [1.807, 2.05) is 30.3 Å². The second kappa shape index (κ2) is 4.86. The van der Waals surface area contributed by atoms with Gasteiger partial charge in [0.1, 0.15) is 6.10 Å². The van der Waals surface area contributed by atoms with E-state index in [9.17, 15) is 5.11 Å². The van der Waals surface area contributed by atoms with Crippen LogP contribution in [-0.4, -0.2) is 24.3 Å². The highest BCUT2D eigenvalue weighted by Crippen LogP contribution is 2.35. The van der Waals surface area contributed by atoms with Gasteiger partial charge < -0.3 is 15.2 Å². The van der Waals surface area contributed by atoms with Crippen LogP contribution >= 0.6 is 0 Å². The molecule has 0 spiro atoms. The van der Waals surface area contributed by atoms with E-state index >= 15 is 0 Å². The van der Waals surface area contributed by atoms with E-state index in [0.29, 0.717) is 5.75 Å². The topological polar surface area (TPSA) is 41.5 Å². The van der Waals surface area contributed by atoms with Crippen LogP contribution in [0, 0.1) is 0 Å². The summed E-state index contributed by atoms with van der Waals surface area (Å²) in [5.41, 5.74) is 0. The van der Waals surface area contributed by atoms with E-state index in [1.54, 1.807) is 6.07 Å². The average Bonchev–Trinajstić information content (AvgIpc) is 2.43. The molecule has 0 radical (unpaired) electrons. The van der Waals surface area contributed by atoms with Gasteiger partial charge >= 0.3 is 0 Å². The first kappa shape index (κ1) is 11.4. The number of aromatic hydroxyl groups is 1. The second-order valence-electron chi connectivity index (χ2n) is 4.72. The molecule has 3 nitrogen and oxygen atoms in total. The van der Waals surface area contributed by atoms with Crippen molar-refractivity contribution in [3.05, 3.63) is 36.4 Å². The molecule has 0 amide bonds. The van der Waals surface area contributed by atoms with Gasteiger partial charge in [0.15, 0.2) is 11.5 Å². The molecule has 3 heteroatoms. The Kier molecular flexibility index (Phi) is 3.07. The summed E-state index contributed by atoms with van der Waals surface area (Å²) in [5, 5.41) is 15.4. The number of hydrogen-bond acceptors (Lipinski definition) is 3. The van der Waals surface area contributed by atoms with Crippen LogP contribution in [0.2, 0.25) is 0 Å². The molecule has 2 aromatic rings. The lowest BCUT2D eigenvalue weighted by atomic mass is 10.1. The fourth-order valence-electron chi connectivity index (χ4n) is 2.44. The Bertz CT molecular complexity index is 547. The Balaban J connectivity index is 1.96. The molecule has 0 aliphatic carbocycles. The predicted molar refractivity (Wildman–Crippen MR) is 72.1 cm³/mol. The Labute approximate surface area is 106 Å². The molecule has 18 heavy (non-hydrogen) atoms. The van der Waals surface area contributed by atoms with Gasteiger partial charge in [-0.05, 0) is 30.8 Å². The summed E-state index contributed by atoms with van der Waals surface area (Å²) in [6, 6.07) is 11.6. The summed E-state index contributed by atoms with van der Waals surface area (Å²) < 4.78 is 5.99. The number of phenolic OH excluding ortho intramolecular Hbond substituents is 1. The molecular weight excluding hydrogens is 226 g/mol. The van der Waals surface area contributed by atoms with E-state index in [2.05, 4.69) is 5.32 Å². The lowest BCUT2D eigenvalue weighted by Crippen LogP contribution is -2.37. The molecule has 0 bridgehead atoms. The molecule has 3 rings (SSSR count). The molecule has 1 aliphatic rings. The number of phenols is 1. The number of nitrogens with one attached hydrogen (secondary N) is 1. The predicted octanol–water partition coefficient (Wildman–Crippen LogP) is 2.68. The summed E-state index contributed by atoms with van der Waals surface area (Å²) in [6.45, 7) is 1.91. The van der Waals surface area contributed by atoms with Crippen molar-refractivity contribution in [2.75, 3.05) is 13.1 Å². The third-order valence-corrected chi connectivity index (χ3v) is 3.39. The van der Waals surface area contributed by atoms with E-state index in [-0.39, 0.29) is 11.9 Å². The third-order valence-electron chi connectivity index (χ3n) is 3.39. The van der Waals surface area contributed by atoms with Crippen molar-refractivity contribution in [2.45, 2.75) is 18.9 Å². The second-order valence-corrected chi connectivity index (χ2v) is 4.72. The van der Waals surface area contributed by atoms with Crippen molar-refractivity contribution in [1.29, 1.82) is 0 Å². The number of benzene rings is 2. The van der Waals surface area contributed by atoms with Crippen LogP contribution in [0.3, 0.4) is 0 Å². The standard InChI is InChI=1S/C15H17NO2/c17-14-8-7-11-4-1-2-6-13(11)15(14)18-12-5-3-9-16-10-12/h1-2,4,6-8,12,16-17H,3,5,9-10H2. The average molecular weight is 243 g/mol. The van der Waals surface area contributed by atoms with E-state index in [1.165, 1.54) is 0 Å². The van der Waals surface area contributed by atoms with Gasteiger partial charge in [-0.2, -0.15) is 0 Å². The monoisotopic (exact) mass is 243 g/mol. The van der Waals surface area contributed by atoms with Crippen LogP contribution in [0.1, 0.15) is 12.8 Å². The SMILES string of the molecule is Oc1ccc2ccccc2c1OC1CCCNC1. The lowest BCUT2D eigenvalue weighted by Gasteiger charge is -2.25. The van der Waals surface area contributed by atoms with Crippen LogP contribution in [0.5, 0.6) is 11.5 Å². The van der Waals surface area contributed by atoms with Gasteiger partial charge in [0.05, 0.1) is 0 Å². The van der Waals surface area contributed by atoms with Crippen molar-refractivity contribution in [3.8, 4) is 11.5 Å². The fraction of sp³-hybridized carbons (Fsp3) is 0.333. The van der Waals surface area contributed by atoms with Crippen LogP contribution in [0.4, 0.5) is 0 Å². The van der Waals surface area contributed by atoms with Crippen LogP contribution in [-0.2, 0) is 0 Å². The minimum Gasteiger partial charge on any atom is -0.504 e. The van der Waals surface area contributed by atoms with Crippen molar-refractivity contribution in [1.82, 2.24) is 5.32 Å². The van der Waals surface area contributed by atoms with Crippen molar-refractivity contribution >= 4 is 10.8 Å². The number of ether oxygens (including phenoxy) is 1. The number of piperidine rings is 1. The first-order valence-electron chi connectivity index (χ1n) is 6.43. The van der Waals surface area contributed by atoms with E-state index in [4.69, 9.17) is 4.74 Å². The highest BCUT2D eigenvalue weighted by molar-refractivity contribution is 5.90. The molecule has 1 heterocycles. The summed E-state index contributed by atoms with van der Waals surface area (Å²) in [5.74, 6) is 0.834. The Morgan fingerprint density at radius 1 is 1.17 bits per heavy atom. The smallest absolute Gasteiger partial charge is 0.169 e. The molecule has 1 aliphatic heterocycles. The van der Waals surface area contributed by atoms with Crippen molar-refractivity contribution in [3.63, 3.8) is 0 Å². The van der Waals surface area contributed by atoms with Gasteiger partial charge in [0.2, 0.25) is 0 Å². The molecule has 1 atom stereocenters. The van der Waals surface area contributed by atoms with Crippen LogP contribution in [0.15, 0.2) is 36.4 Å². The highest BCUT2D eigenvalue weighted by atomic mass is 16.5. The molecule has 2 aromatic carbocycles. The van der Waals surface area contributed by atoms with Gasteiger partial charge in [0, 0.05) is 11.9 Å². The van der Waals surface area contributed by atoms with Gasteiger partial charge in [-0.3, -0.25) is 0 Å². The maximum absolute atomic E-state index is 9.99. The van der Waals surface area contributed by atoms with Crippen LogP contribution < -0.4 is 10.1 Å². The third kappa shape index (κ3) is 2.14. The molecule has 94 valence electrons. The van der Waals surface area contributed by atoms with E-state index < -0.39 is 0 Å². The zero-order valence-electron chi connectivity index (χ0n) is 10.2. The molecular formula is C15H17NO2. The van der Waals surface area contributed by atoms with Crippen molar-refractivity contribution < 1.29 is 9.84 Å². The Morgan fingerprint density at radius 2 is 2.06 bits per heavy atom. The highest BCUT2D eigenvalue weighted by Gasteiger charge is 2.17. The van der Waals surface area contributed by atoms with Gasteiger partial charge in [-0.1, -0.05) is 30.3 Å². The maximum atomic E-state index is 9.99. The summed E-state index contributed by atoms with van der Waals surface area (Å²) in [6.07, 6.45) is 2.31. The Hall–Kier alpha value is -1.74. The molecule has 1 fully saturated rings. The minimum atomic E-state index is 0.149. The van der Waals surface area contributed by atoms with E-state index in [0.717, 1.165) is 36.7 Å². The first-order chi connectivity index (χ1) is 8.84. The van der Waals surface area contributed by atoms with Crippen LogP contribution in [0.25, 0.3) is 10.8 Å². The number of fused-ring (bicyclic) bond motifs is 1. The van der Waals surface area contributed by atoms with Gasteiger partial charge in [0.25, 0.3) is 0 Å². The zero-order valence-corrected chi connectivity index (χ0v) is 10.2. The van der Waals surface area contributed by atoms with Gasteiger partial charge in [-0.15, -0.1) is 0 Å². The molecule has 2 N–H and O–H groups in total. The summed E-state index contributed by atoms with van der Waals surface area (Å²) in [4.78, 5) is 0. The quantitative estimate of drug-likeness (QED) is 0.852. The number of hydrogen-bond donors (Lipinski definition) is 2. The fourth-order valence-corrected chi connectivity index (χ4v) is 2.44. The maximum Gasteiger partial charge on any atom is 0.169 e. The van der Waals surface area contributed by atoms with Crippen molar-refractivity contribution in [2.24, 2.45) is 0 Å². The van der Waals surface area contributed by atoms with Gasteiger partial charge in [-0.25, -0.2) is 0 Å². The Morgan fingerprint density at radius 3 is 2.89 bits per heavy atom. The lowest BCUT2D eigenvalue weighted by molar-refractivity contribution is 0.164. The minimum absolute atomic E-state index is 0.149. The number of rotatable bonds is 2. The normalized spacial score (nSPS) is 19.9.